The van der Waals surface area contributed by atoms with Gasteiger partial charge in [-0.3, -0.25) is 0 Å². The van der Waals surface area contributed by atoms with E-state index in [-0.39, 0.29) is 0 Å². The van der Waals surface area contributed by atoms with E-state index in [0.717, 1.165) is 0 Å². The Morgan fingerprint density at radius 2 is 2.00 bits per heavy atom. The fourth-order valence-corrected chi connectivity index (χ4v) is 3.01. The van der Waals surface area contributed by atoms with Crippen LogP contribution in [0, 0.1) is 5.41 Å². The third kappa shape index (κ3) is 1.27. The van der Waals surface area contributed by atoms with Crippen molar-refractivity contribution in [1.29, 1.82) is 0 Å². The van der Waals surface area contributed by atoms with Crippen LogP contribution in [0.1, 0.15) is 32.1 Å². The van der Waals surface area contributed by atoms with Crippen LogP contribution < -0.4 is 5.73 Å². The topological polar surface area (TPSA) is 29.3 Å². The van der Waals surface area contributed by atoms with E-state index in [9.17, 15) is 0 Å². The number of nitrogens with two attached hydrogens (primary N) is 1. The van der Waals surface area contributed by atoms with Crippen molar-refractivity contribution in [2.45, 2.75) is 38.1 Å². The lowest BCUT2D eigenvalue weighted by atomic mass is 9.75. The van der Waals surface area contributed by atoms with Crippen molar-refractivity contribution in [2.24, 2.45) is 11.1 Å². The summed E-state index contributed by atoms with van der Waals surface area (Å²) in [7, 11) is 2.23. The molecule has 0 radical (unpaired) electrons. The molecule has 1 heterocycles. The van der Waals surface area contributed by atoms with E-state index in [1.807, 2.05) is 0 Å². The van der Waals surface area contributed by atoms with Crippen molar-refractivity contribution in [3.05, 3.63) is 0 Å². The Balaban J connectivity index is 2.09. The van der Waals surface area contributed by atoms with Crippen molar-refractivity contribution in [3.8, 4) is 0 Å². The zero-order valence-corrected chi connectivity index (χ0v) is 8.05. The minimum atomic E-state index is 0.483. The van der Waals surface area contributed by atoms with E-state index >= 15 is 0 Å². The van der Waals surface area contributed by atoms with Gasteiger partial charge >= 0.3 is 0 Å². The van der Waals surface area contributed by atoms with E-state index in [2.05, 4.69) is 11.9 Å². The lowest BCUT2D eigenvalue weighted by Gasteiger charge is -2.43. The van der Waals surface area contributed by atoms with Gasteiger partial charge in [-0.25, -0.2) is 0 Å². The van der Waals surface area contributed by atoms with Crippen LogP contribution in [0.2, 0.25) is 0 Å². The summed E-state index contributed by atoms with van der Waals surface area (Å²) in [5, 5.41) is 0. The quantitative estimate of drug-likeness (QED) is 0.589. The Bertz CT molecular complexity index is 161. The SMILES string of the molecule is CN1CCC(N)C2(CCCC2)C1. The molecule has 1 spiro atoms. The van der Waals surface area contributed by atoms with Gasteiger partial charge in [0.15, 0.2) is 0 Å². The highest BCUT2D eigenvalue weighted by molar-refractivity contribution is 4.97. The molecule has 2 nitrogen and oxygen atoms in total. The standard InChI is InChI=1S/C10H20N2/c1-12-7-4-9(11)10(8-12)5-2-3-6-10/h9H,2-8,11H2,1H3. The normalized spacial score (nSPS) is 36.0. The zero-order chi connectivity index (χ0) is 8.60. The first kappa shape index (κ1) is 8.52. The van der Waals surface area contributed by atoms with Gasteiger partial charge in [0, 0.05) is 12.6 Å². The van der Waals surface area contributed by atoms with Gasteiger partial charge in [0.2, 0.25) is 0 Å². The second kappa shape index (κ2) is 3.00. The van der Waals surface area contributed by atoms with Crippen molar-refractivity contribution in [3.63, 3.8) is 0 Å². The highest BCUT2D eigenvalue weighted by Gasteiger charge is 2.42. The molecule has 70 valence electrons. The number of rotatable bonds is 0. The molecule has 2 heteroatoms. The average molecular weight is 168 g/mol. The van der Waals surface area contributed by atoms with Crippen LogP contribution in [0.3, 0.4) is 0 Å². The number of likely N-dealkylation sites (tertiary alicyclic amines) is 1. The molecule has 1 atom stereocenters. The van der Waals surface area contributed by atoms with Crippen LogP contribution in [0.4, 0.5) is 0 Å². The molecule has 1 aliphatic carbocycles. The Kier molecular flexibility index (Phi) is 2.13. The molecule has 0 bridgehead atoms. The highest BCUT2D eigenvalue weighted by Crippen LogP contribution is 2.43. The third-order valence-electron chi connectivity index (χ3n) is 3.79. The molecule has 2 N–H and O–H groups in total. The smallest absolute Gasteiger partial charge is 0.0120 e. The van der Waals surface area contributed by atoms with Crippen LogP contribution in [0.5, 0.6) is 0 Å². The second-order valence-corrected chi connectivity index (χ2v) is 4.70. The summed E-state index contributed by atoms with van der Waals surface area (Å²) >= 11 is 0. The molecular formula is C10H20N2. The van der Waals surface area contributed by atoms with Gasteiger partial charge in [-0.15, -0.1) is 0 Å². The summed E-state index contributed by atoms with van der Waals surface area (Å²) in [5.74, 6) is 0. The first-order valence-electron chi connectivity index (χ1n) is 5.17. The summed E-state index contributed by atoms with van der Waals surface area (Å²) in [6, 6.07) is 0.483. The Hall–Kier alpha value is -0.0800. The van der Waals surface area contributed by atoms with E-state index in [4.69, 9.17) is 5.73 Å². The maximum absolute atomic E-state index is 6.21. The van der Waals surface area contributed by atoms with Gasteiger partial charge in [-0.05, 0) is 38.3 Å². The molecule has 0 aromatic rings. The summed E-state index contributed by atoms with van der Waals surface area (Å²) in [6.07, 6.45) is 6.76. The first-order valence-corrected chi connectivity index (χ1v) is 5.17. The first-order chi connectivity index (χ1) is 5.73. The Labute approximate surface area is 75.1 Å². The zero-order valence-electron chi connectivity index (χ0n) is 8.05. The fourth-order valence-electron chi connectivity index (χ4n) is 3.01. The third-order valence-corrected chi connectivity index (χ3v) is 3.79. The molecule has 0 aromatic heterocycles. The average Bonchev–Trinajstić information content (AvgIpc) is 2.48. The van der Waals surface area contributed by atoms with Gasteiger partial charge < -0.3 is 10.6 Å². The van der Waals surface area contributed by atoms with Crippen LogP contribution in [0.15, 0.2) is 0 Å². The molecule has 2 fully saturated rings. The van der Waals surface area contributed by atoms with Crippen LogP contribution in [-0.2, 0) is 0 Å². The van der Waals surface area contributed by atoms with Gasteiger partial charge in [0.05, 0.1) is 0 Å². The summed E-state index contributed by atoms with van der Waals surface area (Å²) < 4.78 is 0. The molecular weight excluding hydrogens is 148 g/mol. The Morgan fingerprint density at radius 3 is 2.67 bits per heavy atom. The molecule has 0 amide bonds. The number of nitrogens with zero attached hydrogens (tertiary/aromatic N) is 1. The number of piperidine rings is 1. The molecule has 1 aliphatic heterocycles. The van der Waals surface area contributed by atoms with Crippen molar-refractivity contribution in [1.82, 2.24) is 4.90 Å². The van der Waals surface area contributed by atoms with E-state index in [0.29, 0.717) is 11.5 Å². The van der Waals surface area contributed by atoms with Crippen molar-refractivity contribution >= 4 is 0 Å². The maximum atomic E-state index is 6.21. The molecule has 2 rings (SSSR count). The van der Waals surface area contributed by atoms with Crippen LogP contribution in [0.25, 0.3) is 0 Å². The van der Waals surface area contributed by atoms with E-state index in [1.165, 1.54) is 45.2 Å². The predicted octanol–water partition coefficient (Wildman–Crippen LogP) is 1.21. The molecule has 0 aromatic carbocycles. The molecule has 2 aliphatic rings. The predicted molar refractivity (Wildman–Crippen MR) is 51.0 cm³/mol. The van der Waals surface area contributed by atoms with Gasteiger partial charge in [-0.1, -0.05) is 12.8 Å². The number of hydrogen-bond donors (Lipinski definition) is 1. The van der Waals surface area contributed by atoms with Crippen molar-refractivity contribution in [2.75, 3.05) is 20.1 Å². The van der Waals surface area contributed by atoms with E-state index in [1.54, 1.807) is 0 Å². The Morgan fingerprint density at radius 1 is 1.33 bits per heavy atom. The molecule has 12 heavy (non-hydrogen) atoms. The molecule has 1 saturated carbocycles. The van der Waals surface area contributed by atoms with E-state index < -0.39 is 0 Å². The minimum absolute atomic E-state index is 0.483. The molecule has 1 saturated heterocycles. The van der Waals surface area contributed by atoms with Gasteiger partial charge in [-0.2, -0.15) is 0 Å². The summed E-state index contributed by atoms with van der Waals surface area (Å²) in [4.78, 5) is 2.45. The molecule has 1 unspecified atom stereocenters. The lowest BCUT2D eigenvalue weighted by molar-refractivity contribution is 0.0893. The summed E-state index contributed by atoms with van der Waals surface area (Å²) in [5.41, 5.74) is 6.72. The van der Waals surface area contributed by atoms with Crippen molar-refractivity contribution < 1.29 is 0 Å². The second-order valence-electron chi connectivity index (χ2n) is 4.70. The highest BCUT2D eigenvalue weighted by atomic mass is 15.1. The summed E-state index contributed by atoms with van der Waals surface area (Å²) in [6.45, 7) is 2.44. The van der Waals surface area contributed by atoms with Gasteiger partial charge in [0.1, 0.15) is 0 Å². The lowest BCUT2D eigenvalue weighted by Crippen LogP contribution is -2.52. The van der Waals surface area contributed by atoms with Crippen LogP contribution >= 0.6 is 0 Å². The van der Waals surface area contributed by atoms with Gasteiger partial charge in [0.25, 0.3) is 0 Å². The monoisotopic (exact) mass is 168 g/mol. The fraction of sp³-hybridized carbons (Fsp3) is 1.00. The van der Waals surface area contributed by atoms with Crippen LogP contribution in [-0.4, -0.2) is 31.1 Å². The number of hydrogen-bond acceptors (Lipinski definition) is 2. The minimum Gasteiger partial charge on any atom is -0.327 e. The maximum Gasteiger partial charge on any atom is 0.0120 e. The largest absolute Gasteiger partial charge is 0.327 e.